The van der Waals surface area contributed by atoms with E-state index in [1.807, 2.05) is 13.8 Å². The quantitative estimate of drug-likeness (QED) is 0.465. The number of fused-ring (bicyclic) bond motifs is 6. The van der Waals surface area contributed by atoms with E-state index >= 15 is 4.39 Å². The summed E-state index contributed by atoms with van der Waals surface area (Å²) >= 11 is 0. The van der Waals surface area contributed by atoms with Crippen LogP contribution in [-0.2, 0) is 19.2 Å². The van der Waals surface area contributed by atoms with Gasteiger partial charge in [0.25, 0.3) is 11.8 Å². The van der Waals surface area contributed by atoms with Crippen LogP contribution in [-0.4, -0.2) is 87.3 Å². The molecule has 1 aromatic rings. The number of pyridine rings is 1. The van der Waals surface area contributed by atoms with E-state index in [-0.39, 0.29) is 55.1 Å². The molecule has 11 nitrogen and oxygen atoms in total. The number of anilines is 1. The number of rotatable bonds is 7. The molecule has 6 aliphatic rings. The molecule has 14 heteroatoms. The van der Waals surface area contributed by atoms with Gasteiger partial charge in [0.05, 0.1) is 19.2 Å². The van der Waals surface area contributed by atoms with Crippen molar-refractivity contribution in [2.45, 2.75) is 88.2 Å². The van der Waals surface area contributed by atoms with E-state index in [0.717, 1.165) is 0 Å². The van der Waals surface area contributed by atoms with Crippen molar-refractivity contribution in [3.05, 3.63) is 18.3 Å². The molecule has 2 unspecified atom stereocenters. The molecule has 2 saturated heterocycles. The van der Waals surface area contributed by atoms with E-state index in [1.54, 1.807) is 12.1 Å². The summed E-state index contributed by atoms with van der Waals surface area (Å²) < 4.78 is 50.5. The van der Waals surface area contributed by atoms with Crippen molar-refractivity contribution in [3.8, 4) is 11.8 Å². The van der Waals surface area contributed by atoms with E-state index < -0.39 is 83.7 Å². The summed E-state index contributed by atoms with van der Waals surface area (Å²) in [5, 5.41) is 15.0. The third kappa shape index (κ3) is 4.71. The lowest BCUT2D eigenvalue weighted by molar-refractivity contribution is -0.152. The average Bonchev–Trinajstić information content (AvgIpc) is 3.45. The number of likely N-dealkylation sites (tertiary alicyclic amines) is 2. The number of hydrogen-bond acceptors (Lipinski definition) is 7. The van der Waals surface area contributed by atoms with Crippen molar-refractivity contribution >= 4 is 29.4 Å². The van der Waals surface area contributed by atoms with E-state index in [4.69, 9.17) is 4.74 Å². The first-order valence-electron chi connectivity index (χ1n) is 16.1. The zero-order valence-electron chi connectivity index (χ0n) is 25.6. The Labute approximate surface area is 264 Å². The number of carbonyl (C=O) groups is 4. The van der Waals surface area contributed by atoms with Gasteiger partial charge < -0.3 is 25.2 Å². The van der Waals surface area contributed by atoms with Gasteiger partial charge in [-0.1, -0.05) is 13.8 Å². The molecular formula is C32H37F3N6O5. The molecule has 5 fully saturated rings. The second kappa shape index (κ2) is 10.8. The fourth-order valence-corrected chi connectivity index (χ4v) is 9.01. The number of aromatic nitrogens is 1. The Balaban J connectivity index is 1.21. The van der Waals surface area contributed by atoms with Gasteiger partial charge >= 0.3 is 5.92 Å². The fraction of sp³-hybridized carbons (Fsp3) is 0.688. The molecule has 2 bridgehead atoms. The first-order valence-corrected chi connectivity index (χ1v) is 16.1. The van der Waals surface area contributed by atoms with Gasteiger partial charge in [-0.05, 0) is 73.8 Å². The van der Waals surface area contributed by atoms with Crippen LogP contribution in [0.2, 0.25) is 0 Å². The highest BCUT2D eigenvalue weighted by Gasteiger charge is 2.68. The van der Waals surface area contributed by atoms with Crippen molar-refractivity contribution in [3.63, 3.8) is 0 Å². The Morgan fingerprint density at radius 2 is 2.02 bits per heavy atom. The molecule has 1 aromatic heterocycles. The summed E-state index contributed by atoms with van der Waals surface area (Å²) in [6, 6.07) is 2.58. The van der Waals surface area contributed by atoms with E-state index in [9.17, 15) is 33.2 Å². The zero-order valence-corrected chi connectivity index (χ0v) is 25.6. The van der Waals surface area contributed by atoms with Crippen LogP contribution in [0.15, 0.2) is 18.3 Å². The molecule has 3 aliphatic carbocycles. The number of nitriles is 1. The number of carbonyl (C=O) groups excluding carboxylic acids is 4. The van der Waals surface area contributed by atoms with E-state index in [1.165, 1.54) is 16.0 Å². The normalized spacial score (nSPS) is 35.9. The number of nitrogens with one attached hydrogen (secondary N) is 2. The van der Waals surface area contributed by atoms with Crippen LogP contribution in [0.1, 0.15) is 52.4 Å². The van der Waals surface area contributed by atoms with Crippen LogP contribution in [0.25, 0.3) is 0 Å². The fourth-order valence-electron chi connectivity index (χ4n) is 9.01. The molecule has 2 N–H and O–H groups in total. The minimum absolute atomic E-state index is 0.0659. The summed E-state index contributed by atoms with van der Waals surface area (Å²) in [6.45, 7) is 2.91. The number of hydrogen-bond donors (Lipinski definition) is 2. The van der Waals surface area contributed by atoms with Crippen LogP contribution in [0, 0.1) is 46.8 Å². The maximum absolute atomic E-state index is 15.4. The number of ether oxygens (including phenoxy) is 1. The van der Waals surface area contributed by atoms with Gasteiger partial charge in [-0.2, -0.15) is 14.0 Å². The van der Waals surface area contributed by atoms with Crippen molar-refractivity contribution < 1.29 is 37.1 Å². The van der Waals surface area contributed by atoms with Gasteiger partial charge in [0.15, 0.2) is 11.6 Å². The van der Waals surface area contributed by atoms with E-state index in [0.29, 0.717) is 19.3 Å². The summed E-state index contributed by atoms with van der Waals surface area (Å²) in [6.07, 6.45) is 2.03. The second-order valence-corrected chi connectivity index (χ2v) is 14.3. The van der Waals surface area contributed by atoms with Crippen molar-refractivity contribution in [1.29, 1.82) is 5.26 Å². The smallest absolute Gasteiger partial charge is 0.327 e. The molecule has 0 radical (unpaired) electrons. The maximum Gasteiger partial charge on any atom is 0.327 e. The number of halogens is 3. The van der Waals surface area contributed by atoms with Gasteiger partial charge in [-0.15, -0.1) is 0 Å². The lowest BCUT2D eigenvalue weighted by atomic mass is 9.73. The Kier molecular flexibility index (Phi) is 7.25. The van der Waals surface area contributed by atoms with Crippen LogP contribution in [0.5, 0.6) is 5.75 Å². The van der Waals surface area contributed by atoms with Crippen LogP contribution in [0.3, 0.4) is 0 Å². The zero-order chi connectivity index (χ0) is 32.7. The summed E-state index contributed by atoms with van der Waals surface area (Å²) in [4.78, 5) is 61.2. The Bertz CT molecular complexity index is 1510. The van der Waals surface area contributed by atoms with Crippen LogP contribution < -0.4 is 15.4 Å². The highest BCUT2D eigenvalue weighted by Crippen LogP contribution is 2.61. The molecule has 246 valence electrons. The first-order chi connectivity index (χ1) is 21.9. The number of nitrogens with zero attached hydrogens (tertiary/aromatic N) is 4. The Morgan fingerprint density at radius 3 is 2.72 bits per heavy atom. The minimum atomic E-state index is -3.60. The van der Waals surface area contributed by atoms with Crippen LogP contribution >= 0.6 is 0 Å². The second-order valence-electron chi connectivity index (χ2n) is 14.3. The van der Waals surface area contributed by atoms with Crippen molar-refractivity contribution in [1.82, 2.24) is 20.1 Å². The molecule has 3 aliphatic heterocycles. The third-order valence-electron chi connectivity index (χ3n) is 11.0. The Hall–Kier alpha value is -3.89. The number of amides is 4. The molecule has 9 atom stereocenters. The lowest BCUT2D eigenvalue weighted by Gasteiger charge is -2.37. The largest absolute Gasteiger partial charge is 0.472 e. The predicted octanol–water partition coefficient (Wildman–Crippen LogP) is 2.67. The molecule has 3 saturated carbocycles. The molecule has 4 heterocycles. The molecule has 1 spiro atoms. The predicted molar refractivity (Wildman–Crippen MR) is 155 cm³/mol. The van der Waals surface area contributed by atoms with Gasteiger partial charge in [-0.25, -0.2) is 9.37 Å². The topological polar surface area (TPSA) is 145 Å². The standard InChI is InChI=1S/C32H37F3N6O5/c1-15(2)8-21-24-16-9-19(20(33)10-16)25(24)26(41(21)23(42)13-38-30(45)32(34,35)17-5-6-17)28(43)40-14-31(11-18(40)12-36)29(44)39-27-22(46-31)4-3-7-37-27/h3-4,7,15-21,24-26H,5-6,8-11,13-14H2,1-2H3,(H,38,45)(H,37,39,44)/t16-,18?,19+,20+,21?,24-,25-,26-,31+/m0/s1. The molecular weight excluding hydrogens is 605 g/mol. The van der Waals surface area contributed by atoms with Gasteiger partial charge in [0, 0.05) is 24.6 Å². The Morgan fingerprint density at radius 1 is 1.26 bits per heavy atom. The average molecular weight is 643 g/mol. The van der Waals surface area contributed by atoms with Crippen molar-refractivity contribution in [2.24, 2.45) is 35.5 Å². The van der Waals surface area contributed by atoms with Gasteiger partial charge in [-0.3, -0.25) is 19.2 Å². The molecule has 46 heavy (non-hydrogen) atoms. The highest BCUT2D eigenvalue weighted by molar-refractivity contribution is 6.01. The molecule has 4 amide bonds. The maximum atomic E-state index is 15.4. The lowest BCUT2D eigenvalue weighted by Crippen LogP contribution is -2.58. The summed E-state index contributed by atoms with van der Waals surface area (Å²) in [5.74, 6) is -8.80. The molecule has 0 aromatic carbocycles. The van der Waals surface area contributed by atoms with Gasteiger partial charge in [0.2, 0.25) is 17.4 Å². The summed E-state index contributed by atoms with van der Waals surface area (Å²) in [7, 11) is 0. The minimum Gasteiger partial charge on any atom is -0.472 e. The highest BCUT2D eigenvalue weighted by atomic mass is 19.3. The molecule has 7 rings (SSSR count). The monoisotopic (exact) mass is 642 g/mol. The van der Waals surface area contributed by atoms with Gasteiger partial charge in [0.1, 0.15) is 18.3 Å². The van der Waals surface area contributed by atoms with E-state index in [2.05, 4.69) is 21.7 Å². The first kappa shape index (κ1) is 30.7. The summed E-state index contributed by atoms with van der Waals surface area (Å²) in [5.41, 5.74) is -1.59. The SMILES string of the molecule is CC(C)CC1[C@@H]2[C@H]3C[C@@H]([C@@H]2[C@@H](C(=O)N2C[C@@]4(CC2C#N)Oc2cccnc2NC4=O)N1C(=O)CNC(=O)C(F)(F)C1CC1)[C@H](F)C3. The number of alkyl halides is 3. The van der Waals surface area contributed by atoms with Crippen molar-refractivity contribution in [2.75, 3.05) is 18.4 Å². The third-order valence-corrected chi connectivity index (χ3v) is 11.0. The van der Waals surface area contributed by atoms with Crippen LogP contribution in [0.4, 0.5) is 19.0 Å².